The fourth-order valence-corrected chi connectivity index (χ4v) is 0.889. The zero-order chi connectivity index (χ0) is 9.84. The van der Waals surface area contributed by atoms with Crippen molar-refractivity contribution in [1.82, 2.24) is 10.3 Å². The van der Waals surface area contributed by atoms with E-state index < -0.39 is 11.7 Å². The van der Waals surface area contributed by atoms with Gasteiger partial charge >= 0.3 is 0 Å². The predicted molar refractivity (Wildman–Crippen MR) is 42.3 cm³/mol. The normalized spacial score (nSPS) is 9.00. The summed E-state index contributed by atoms with van der Waals surface area (Å²) in [5.41, 5.74) is -0.164. The highest BCUT2D eigenvalue weighted by molar-refractivity contribution is 6.32. The molecule has 0 saturated carbocycles. The molecule has 1 heterocycles. The van der Waals surface area contributed by atoms with Crippen molar-refractivity contribution in [3.8, 4) is 6.19 Å². The first-order chi connectivity index (χ1) is 6.15. The van der Waals surface area contributed by atoms with Crippen LogP contribution in [0.4, 0.5) is 4.39 Å². The summed E-state index contributed by atoms with van der Waals surface area (Å²) in [5.74, 6) is -1.47. The molecule has 0 unspecified atom stereocenters. The van der Waals surface area contributed by atoms with Crippen LogP contribution in [0.25, 0.3) is 0 Å². The molecular weight excluding hydrogens is 197 g/mol. The third-order valence-corrected chi connectivity index (χ3v) is 1.52. The molecule has 0 aliphatic heterocycles. The molecule has 1 amide bonds. The number of amides is 1. The Morgan fingerprint density at radius 1 is 1.77 bits per heavy atom. The summed E-state index contributed by atoms with van der Waals surface area (Å²) < 4.78 is 12.6. The lowest BCUT2D eigenvalue weighted by Crippen LogP contribution is -2.18. The van der Waals surface area contributed by atoms with E-state index in [0.717, 1.165) is 12.3 Å². The number of hydrogen-bond acceptors (Lipinski definition) is 3. The Labute approximate surface area is 78.0 Å². The molecule has 13 heavy (non-hydrogen) atoms. The molecule has 66 valence electrons. The largest absolute Gasteiger partial charge is 0.268 e. The number of aromatic nitrogens is 1. The minimum Gasteiger partial charge on any atom is -0.268 e. The molecule has 0 fully saturated rings. The van der Waals surface area contributed by atoms with Gasteiger partial charge in [-0.3, -0.25) is 10.1 Å². The summed E-state index contributed by atoms with van der Waals surface area (Å²) in [4.78, 5) is 14.4. The third kappa shape index (κ3) is 2.13. The summed E-state index contributed by atoms with van der Waals surface area (Å²) in [6.45, 7) is 0. The van der Waals surface area contributed by atoms with Gasteiger partial charge in [0.2, 0.25) is 0 Å². The van der Waals surface area contributed by atoms with E-state index >= 15 is 0 Å². The van der Waals surface area contributed by atoms with Crippen molar-refractivity contribution >= 4 is 17.5 Å². The Hall–Kier alpha value is -1.67. The average molecular weight is 200 g/mol. The first-order valence-electron chi connectivity index (χ1n) is 3.15. The molecule has 0 atom stereocenters. The lowest BCUT2D eigenvalue weighted by molar-refractivity contribution is 0.0972. The Balaban J connectivity index is 3.07. The van der Waals surface area contributed by atoms with Crippen LogP contribution in [-0.4, -0.2) is 10.9 Å². The highest BCUT2D eigenvalue weighted by atomic mass is 35.5. The molecule has 1 rings (SSSR count). The number of hydrogen-bond donors (Lipinski definition) is 1. The molecule has 4 nitrogen and oxygen atoms in total. The number of pyridine rings is 1. The number of carbonyl (C=O) groups excluding carboxylic acids is 1. The van der Waals surface area contributed by atoms with Gasteiger partial charge in [0.25, 0.3) is 5.91 Å². The molecule has 0 saturated heterocycles. The van der Waals surface area contributed by atoms with Crippen molar-refractivity contribution in [3.63, 3.8) is 0 Å². The first kappa shape index (κ1) is 9.42. The molecule has 0 spiro atoms. The Morgan fingerprint density at radius 2 is 2.46 bits per heavy atom. The predicted octanol–water partition coefficient (Wildman–Crippen LogP) is 1.08. The van der Waals surface area contributed by atoms with Crippen molar-refractivity contribution in [2.45, 2.75) is 0 Å². The monoisotopic (exact) mass is 199 g/mol. The second-order valence-electron chi connectivity index (χ2n) is 2.06. The van der Waals surface area contributed by atoms with Gasteiger partial charge in [-0.25, -0.2) is 9.37 Å². The van der Waals surface area contributed by atoms with Crippen LogP contribution in [0.1, 0.15) is 10.4 Å². The lowest BCUT2D eigenvalue weighted by Gasteiger charge is -1.99. The molecule has 0 radical (unpaired) electrons. The average Bonchev–Trinajstić information content (AvgIpc) is 2.09. The van der Waals surface area contributed by atoms with E-state index in [4.69, 9.17) is 16.9 Å². The zero-order valence-corrected chi connectivity index (χ0v) is 6.97. The third-order valence-electron chi connectivity index (χ3n) is 1.22. The van der Waals surface area contributed by atoms with E-state index in [1.54, 1.807) is 5.32 Å². The SMILES string of the molecule is N#CNC(=O)c1cc(F)cnc1Cl. The number of halogens is 2. The number of nitrogens with one attached hydrogen (secondary N) is 1. The van der Waals surface area contributed by atoms with Crippen LogP contribution in [0, 0.1) is 17.3 Å². The van der Waals surface area contributed by atoms with E-state index in [-0.39, 0.29) is 10.7 Å². The smallest absolute Gasteiger partial charge is 0.267 e. The van der Waals surface area contributed by atoms with Gasteiger partial charge in [-0.1, -0.05) is 11.6 Å². The van der Waals surface area contributed by atoms with Crippen LogP contribution in [0.5, 0.6) is 0 Å². The first-order valence-corrected chi connectivity index (χ1v) is 3.53. The van der Waals surface area contributed by atoms with E-state index in [9.17, 15) is 9.18 Å². The van der Waals surface area contributed by atoms with Crippen LogP contribution >= 0.6 is 11.6 Å². The maximum Gasteiger partial charge on any atom is 0.267 e. The van der Waals surface area contributed by atoms with Gasteiger partial charge in [-0.2, -0.15) is 5.26 Å². The second-order valence-corrected chi connectivity index (χ2v) is 2.42. The van der Waals surface area contributed by atoms with Gasteiger partial charge in [0, 0.05) is 0 Å². The van der Waals surface area contributed by atoms with E-state index in [1.165, 1.54) is 6.19 Å². The molecule has 0 bridgehead atoms. The van der Waals surface area contributed by atoms with Gasteiger partial charge in [-0.05, 0) is 6.07 Å². The molecule has 1 aromatic heterocycles. The molecular formula is C7H3ClFN3O. The number of rotatable bonds is 1. The lowest BCUT2D eigenvalue weighted by atomic mass is 10.2. The van der Waals surface area contributed by atoms with Gasteiger partial charge < -0.3 is 0 Å². The minimum atomic E-state index is -0.778. The van der Waals surface area contributed by atoms with Crippen molar-refractivity contribution in [2.75, 3.05) is 0 Å². The van der Waals surface area contributed by atoms with E-state index in [1.807, 2.05) is 0 Å². The zero-order valence-electron chi connectivity index (χ0n) is 6.21. The number of carbonyl (C=O) groups is 1. The van der Waals surface area contributed by atoms with Crippen LogP contribution < -0.4 is 5.32 Å². The topological polar surface area (TPSA) is 65.8 Å². The minimum absolute atomic E-state index is 0.144. The highest BCUT2D eigenvalue weighted by Gasteiger charge is 2.11. The Kier molecular flexibility index (Phi) is 2.77. The van der Waals surface area contributed by atoms with Crippen LogP contribution in [0.3, 0.4) is 0 Å². The van der Waals surface area contributed by atoms with Gasteiger partial charge in [0.1, 0.15) is 11.0 Å². The van der Waals surface area contributed by atoms with Crippen molar-refractivity contribution in [2.24, 2.45) is 0 Å². The molecule has 0 aliphatic carbocycles. The number of nitrogens with zero attached hydrogens (tertiary/aromatic N) is 2. The molecule has 1 N–H and O–H groups in total. The maximum atomic E-state index is 12.6. The van der Waals surface area contributed by atoms with Gasteiger partial charge in [0.15, 0.2) is 6.19 Å². The quantitative estimate of drug-likeness (QED) is 0.418. The molecule has 0 aromatic carbocycles. The second kappa shape index (κ2) is 3.83. The summed E-state index contributed by atoms with van der Waals surface area (Å²) in [5, 5.41) is 9.78. The van der Waals surface area contributed by atoms with Gasteiger partial charge in [0.05, 0.1) is 11.8 Å². The van der Waals surface area contributed by atoms with E-state index in [0.29, 0.717) is 0 Å². The number of nitriles is 1. The van der Waals surface area contributed by atoms with Crippen LogP contribution in [0.15, 0.2) is 12.3 Å². The summed E-state index contributed by atoms with van der Waals surface area (Å²) in [6.07, 6.45) is 2.28. The standard InChI is InChI=1S/C7H3ClFN3O/c8-6-5(7(13)12-3-10)1-4(9)2-11-6/h1-2H,(H,12,13). The maximum absolute atomic E-state index is 12.6. The molecule has 6 heteroatoms. The van der Waals surface area contributed by atoms with Crippen molar-refractivity contribution < 1.29 is 9.18 Å². The Bertz CT molecular complexity index is 388. The van der Waals surface area contributed by atoms with Crippen LogP contribution in [0.2, 0.25) is 5.15 Å². The van der Waals surface area contributed by atoms with Crippen molar-refractivity contribution in [3.05, 3.63) is 28.8 Å². The summed E-state index contributed by atoms with van der Waals surface area (Å²) in [6, 6.07) is 0.905. The van der Waals surface area contributed by atoms with E-state index in [2.05, 4.69) is 4.98 Å². The fraction of sp³-hybridized carbons (Fsp3) is 0. The Morgan fingerprint density at radius 3 is 3.08 bits per heavy atom. The summed E-state index contributed by atoms with van der Waals surface area (Å²) >= 11 is 5.48. The fourth-order valence-electron chi connectivity index (χ4n) is 0.700. The van der Waals surface area contributed by atoms with Crippen LogP contribution in [-0.2, 0) is 0 Å². The summed E-state index contributed by atoms with van der Waals surface area (Å²) in [7, 11) is 0. The molecule has 0 aliphatic rings. The van der Waals surface area contributed by atoms with Gasteiger partial charge in [-0.15, -0.1) is 0 Å². The van der Waals surface area contributed by atoms with Crippen molar-refractivity contribution in [1.29, 1.82) is 5.26 Å². The highest BCUT2D eigenvalue weighted by Crippen LogP contribution is 2.12. The molecule has 1 aromatic rings.